The average Bonchev–Trinajstić information content (AvgIpc) is 3.08. The van der Waals surface area contributed by atoms with Crippen molar-refractivity contribution in [3.63, 3.8) is 0 Å². The van der Waals surface area contributed by atoms with Gasteiger partial charge in [0, 0.05) is 6.04 Å². The zero-order chi connectivity index (χ0) is 11.1. The lowest BCUT2D eigenvalue weighted by Crippen LogP contribution is -2.12. The number of imidazole rings is 1. The van der Waals surface area contributed by atoms with Crippen molar-refractivity contribution in [3.05, 3.63) is 18.2 Å². The van der Waals surface area contributed by atoms with E-state index in [1.54, 1.807) is 7.11 Å². The highest BCUT2D eigenvalue weighted by molar-refractivity contribution is 5.85. The highest BCUT2D eigenvalue weighted by atomic mass is 16.5. The summed E-state index contributed by atoms with van der Waals surface area (Å²) in [5.74, 6) is 7.05. The van der Waals surface area contributed by atoms with Gasteiger partial charge in [0.05, 0.1) is 12.6 Å². The van der Waals surface area contributed by atoms with Gasteiger partial charge in [0.1, 0.15) is 11.3 Å². The Morgan fingerprint density at radius 3 is 2.94 bits per heavy atom. The Bertz CT molecular complexity index is 530. The Kier molecular flexibility index (Phi) is 2.00. The number of hydrogen-bond acceptors (Lipinski definition) is 4. The zero-order valence-corrected chi connectivity index (χ0v) is 9.10. The minimum absolute atomic E-state index is 0.507. The van der Waals surface area contributed by atoms with Crippen LogP contribution in [0.5, 0.6) is 5.75 Å². The predicted molar refractivity (Wildman–Crippen MR) is 62.4 cm³/mol. The van der Waals surface area contributed by atoms with Crippen LogP contribution in [0.4, 0.5) is 5.95 Å². The Labute approximate surface area is 93.2 Å². The van der Waals surface area contributed by atoms with Crippen molar-refractivity contribution >= 4 is 17.0 Å². The Morgan fingerprint density at radius 1 is 1.50 bits per heavy atom. The largest absolute Gasteiger partial charge is 0.494 e. The number of anilines is 1. The van der Waals surface area contributed by atoms with Crippen LogP contribution in [0.1, 0.15) is 18.9 Å². The number of ether oxygens (including phenoxy) is 1. The van der Waals surface area contributed by atoms with Gasteiger partial charge in [0.25, 0.3) is 0 Å². The van der Waals surface area contributed by atoms with Crippen LogP contribution < -0.4 is 16.0 Å². The molecule has 0 saturated heterocycles. The molecule has 1 aromatic carbocycles. The molecule has 0 spiro atoms. The Morgan fingerprint density at radius 2 is 2.31 bits per heavy atom. The van der Waals surface area contributed by atoms with Gasteiger partial charge in [-0.1, -0.05) is 6.07 Å². The van der Waals surface area contributed by atoms with Gasteiger partial charge in [-0.3, -0.25) is 5.43 Å². The topological polar surface area (TPSA) is 65.1 Å². The molecule has 3 rings (SSSR count). The molecule has 1 aromatic heterocycles. The molecule has 5 nitrogen and oxygen atoms in total. The second-order valence-electron chi connectivity index (χ2n) is 4.01. The molecule has 0 aliphatic heterocycles. The van der Waals surface area contributed by atoms with Gasteiger partial charge in [-0.2, -0.15) is 0 Å². The minimum atomic E-state index is 0.507. The van der Waals surface area contributed by atoms with Crippen molar-refractivity contribution in [2.45, 2.75) is 18.9 Å². The van der Waals surface area contributed by atoms with E-state index in [0.717, 1.165) is 16.8 Å². The fourth-order valence-corrected chi connectivity index (χ4v) is 2.07. The summed E-state index contributed by atoms with van der Waals surface area (Å²) in [5, 5.41) is 0. The molecule has 1 fully saturated rings. The molecule has 2 aromatic rings. The van der Waals surface area contributed by atoms with Crippen molar-refractivity contribution in [2.75, 3.05) is 12.5 Å². The summed E-state index contributed by atoms with van der Waals surface area (Å²) in [6, 6.07) is 6.36. The minimum Gasteiger partial charge on any atom is -0.494 e. The molecule has 0 bridgehead atoms. The molecule has 0 amide bonds. The Balaban J connectivity index is 2.32. The first-order valence-electron chi connectivity index (χ1n) is 5.36. The molecule has 84 valence electrons. The fourth-order valence-electron chi connectivity index (χ4n) is 2.07. The first kappa shape index (κ1) is 9.47. The van der Waals surface area contributed by atoms with E-state index in [9.17, 15) is 0 Å². The number of aromatic nitrogens is 2. The van der Waals surface area contributed by atoms with Crippen LogP contribution in [-0.4, -0.2) is 16.7 Å². The van der Waals surface area contributed by atoms with E-state index in [1.807, 2.05) is 18.2 Å². The maximum absolute atomic E-state index is 5.50. The third-order valence-electron chi connectivity index (χ3n) is 2.93. The van der Waals surface area contributed by atoms with E-state index in [2.05, 4.69) is 15.0 Å². The van der Waals surface area contributed by atoms with Gasteiger partial charge in [-0.05, 0) is 25.0 Å². The third-order valence-corrected chi connectivity index (χ3v) is 2.93. The maximum atomic E-state index is 5.50. The second-order valence-corrected chi connectivity index (χ2v) is 4.01. The smallest absolute Gasteiger partial charge is 0.218 e. The summed E-state index contributed by atoms with van der Waals surface area (Å²) in [5.41, 5.74) is 4.60. The van der Waals surface area contributed by atoms with Crippen molar-refractivity contribution in [1.29, 1.82) is 0 Å². The molecule has 5 heteroatoms. The van der Waals surface area contributed by atoms with E-state index < -0.39 is 0 Å². The van der Waals surface area contributed by atoms with E-state index in [-0.39, 0.29) is 0 Å². The summed E-state index contributed by atoms with van der Waals surface area (Å²) >= 11 is 0. The van der Waals surface area contributed by atoms with E-state index in [0.29, 0.717) is 12.0 Å². The van der Waals surface area contributed by atoms with Crippen LogP contribution in [0.3, 0.4) is 0 Å². The lowest BCUT2D eigenvalue weighted by molar-refractivity contribution is 0.417. The van der Waals surface area contributed by atoms with E-state index in [1.165, 1.54) is 12.8 Å². The van der Waals surface area contributed by atoms with E-state index in [4.69, 9.17) is 10.6 Å². The fraction of sp³-hybridized carbons (Fsp3) is 0.364. The average molecular weight is 218 g/mol. The van der Waals surface area contributed by atoms with Crippen LogP contribution in [0.25, 0.3) is 11.0 Å². The van der Waals surface area contributed by atoms with Gasteiger partial charge >= 0.3 is 0 Å². The number of fused-ring (bicyclic) bond motifs is 1. The lowest BCUT2D eigenvalue weighted by atomic mass is 10.3. The van der Waals surface area contributed by atoms with Gasteiger partial charge in [-0.15, -0.1) is 0 Å². The molecule has 1 heterocycles. The van der Waals surface area contributed by atoms with Crippen LogP contribution in [0.15, 0.2) is 18.2 Å². The van der Waals surface area contributed by atoms with E-state index >= 15 is 0 Å². The lowest BCUT2D eigenvalue weighted by Gasteiger charge is -2.08. The molecule has 0 unspecified atom stereocenters. The van der Waals surface area contributed by atoms with Gasteiger partial charge in [0.2, 0.25) is 5.95 Å². The molecule has 1 aliphatic carbocycles. The normalized spacial score (nSPS) is 15.4. The summed E-state index contributed by atoms with van der Waals surface area (Å²) in [4.78, 5) is 4.45. The molecule has 3 N–H and O–H groups in total. The molecule has 1 saturated carbocycles. The number of nitrogens with zero attached hydrogens (tertiary/aromatic N) is 2. The first-order valence-corrected chi connectivity index (χ1v) is 5.36. The van der Waals surface area contributed by atoms with Crippen LogP contribution in [0, 0.1) is 0 Å². The summed E-state index contributed by atoms with van der Waals surface area (Å²) in [6.45, 7) is 0. The number of rotatable bonds is 3. The highest BCUT2D eigenvalue weighted by Crippen LogP contribution is 2.42. The van der Waals surface area contributed by atoms with Crippen molar-refractivity contribution < 1.29 is 4.74 Å². The number of para-hydroxylation sites is 1. The molecule has 16 heavy (non-hydrogen) atoms. The van der Waals surface area contributed by atoms with Crippen LogP contribution in [-0.2, 0) is 0 Å². The highest BCUT2D eigenvalue weighted by Gasteiger charge is 2.29. The maximum Gasteiger partial charge on any atom is 0.218 e. The summed E-state index contributed by atoms with van der Waals surface area (Å²) in [6.07, 6.45) is 2.36. The monoisotopic (exact) mass is 218 g/mol. The molecular weight excluding hydrogens is 204 g/mol. The van der Waals surface area contributed by atoms with Crippen LogP contribution >= 0.6 is 0 Å². The third kappa shape index (κ3) is 1.25. The second kappa shape index (κ2) is 3.38. The molecule has 1 aliphatic rings. The number of hydrogen-bond donors (Lipinski definition) is 2. The van der Waals surface area contributed by atoms with Crippen molar-refractivity contribution in [1.82, 2.24) is 9.55 Å². The standard InChI is InChI=1S/C11H14N4O/c1-16-9-4-2-3-8-10(9)15(7-5-6-7)11(13-8)14-12/h2-4,7H,5-6,12H2,1H3,(H,13,14). The number of benzene rings is 1. The van der Waals surface area contributed by atoms with Gasteiger partial charge < -0.3 is 9.30 Å². The Hall–Kier alpha value is -1.75. The van der Waals surface area contributed by atoms with Gasteiger partial charge in [-0.25, -0.2) is 10.8 Å². The number of nitrogens with one attached hydrogen (secondary N) is 1. The van der Waals surface area contributed by atoms with Gasteiger partial charge in [0.15, 0.2) is 0 Å². The number of methoxy groups -OCH3 is 1. The summed E-state index contributed by atoms with van der Waals surface area (Å²) in [7, 11) is 1.68. The van der Waals surface area contributed by atoms with Crippen molar-refractivity contribution in [2.24, 2.45) is 5.84 Å². The SMILES string of the molecule is COc1cccc2nc(NN)n(C3CC3)c12. The molecule has 0 radical (unpaired) electrons. The number of nitrogen functional groups attached to an aromatic ring is 1. The molecule has 0 atom stereocenters. The first-order chi connectivity index (χ1) is 7.85. The zero-order valence-electron chi connectivity index (χ0n) is 9.10. The number of nitrogens with two attached hydrogens (primary N) is 1. The molecular formula is C11H14N4O. The summed E-state index contributed by atoms with van der Waals surface area (Å²) < 4.78 is 7.51. The predicted octanol–water partition coefficient (Wildman–Crippen LogP) is 1.67. The number of hydrazine groups is 1. The quantitative estimate of drug-likeness (QED) is 0.607. The van der Waals surface area contributed by atoms with Crippen molar-refractivity contribution in [3.8, 4) is 5.75 Å². The van der Waals surface area contributed by atoms with Crippen LogP contribution in [0.2, 0.25) is 0 Å².